The van der Waals surface area contributed by atoms with E-state index >= 15 is 0 Å². The molecule has 0 spiro atoms. The molecule has 10 N–H and O–H groups in total. The minimum atomic E-state index is -1.77. The van der Waals surface area contributed by atoms with Crippen molar-refractivity contribution in [3.05, 3.63) is 11.6 Å². The first-order valence-electron chi connectivity index (χ1n) is 21.9. The summed E-state index contributed by atoms with van der Waals surface area (Å²) < 4.78 is 45.4. The van der Waals surface area contributed by atoms with Crippen molar-refractivity contribution >= 4 is 5.97 Å². The van der Waals surface area contributed by atoms with E-state index in [0.29, 0.717) is 12.8 Å². The largest absolute Gasteiger partial charge is 0.458 e. The Morgan fingerprint density at radius 3 is 1.95 bits per heavy atom. The second kappa shape index (κ2) is 17.4. The number of fused-ring (bicyclic) bond motifs is 5. The highest BCUT2D eigenvalue weighted by atomic mass is 16.7. The van der Waals surface area contributed by atoms with Crippen molar-refractivity contribution in [3.63, 3.8) is 0 Å². The fraction of sp³-hybridized carbons (Fsp3) is 0.929. The molecule has 0 radical (unpaired) electrons. The van der Waals surface area contributed by atoms with Crippen LogP contribution in [-0.2, 0) is 42.7 Å². The number of aliphatic hydroxyl groups excluding tert-OH is 9. The number of cyclic esters (lactones) is 1. The molecule has 4 aliphatic carbocycles. The highest BCUT2D eigenvalue weighted by Gasteiger charge is 2.69. The maximum atomic E-state index is 12.6. The molecule has 19 nitrogen and oxygen atoms in total. The lowest BCUT2D eigenvalue weighted by Gasteiger charge is -2.64. The summed E-state index contributed by atoms with van der Waals surface area (Å²) in [5, 5.41) is 110. The predicted molar refractivity (Wildman–Crippen MR) is 204 cm³/mol. The van der Waals surface area contributed by atoms with Crippen LogP contribution < -0.4 is 0 Å². The van der Waals surface area contributed by atoms with Crippen LogP contribution in [0.1, 0.15) is 72.1 Å². The van der Waals surface area contributed by atoms with Crippen LogP contribution >= 0.6 is 0 Å². The number of hydrogen-bond acceptors (Lipinski definition) is 19. The SMILES string of the molecule is COC1C(O)C(C)OC(OCC2O[C@@H](OCC3OC(OC4CC(O)C5(C)C(CCC6C5CCC5(C)C(C7=CC(=O)OC7)CCC65O)C4)C(O)C(O)C3O)C(O)C(O)C2O)C1O. The number of rotatable bonds is 10. The van der Waals surface area contributed by atoms with Gasteiger partial charge >= 0.3 is 5.97 Å². The Kier molecular flexibility index (Phi) is 13.1. The van der Waals surface area contributed by atoms with E-state index < -0.39 is 134 Å². The molecule has 0 amide bonds. The van der Waals surface area contributed by atoms with Gasteiger partial charge in [0.1, 0.15) is 73.8 Å². The molecule has 0 aromatic heterocycles. The molecule has 3 saturated heterocycles. The van der Waals surface area contributed by atoms with Crippen LogP contribution in [0, 0.1) is 34.5 Å². The van der Waals surface area contributed by atoms with Crippen molar-refractivity contribution in [1.29, 1.82) is 0 Å². The van der Waals surface area contributed by atoms with E-state index in [1.165, 1.54) is 7.11 Å². The van der Waals surface area contributed by atoms with Crippen LogP contribution in [0.3, 0.4) is 0 Å². The smallest absolute Gasteiger partial charge is 0.331 e. The maximum Gasteiger partial charge on any atom is 0.331 e. The third-order valence-electron chi connectivity index (χ3n) is 16.6. The molecular formula is C42H66O19. The molecule has 24 atom stereocenters. The van der Waals surface area contributed by atoms with Gasteiger partial charge in [-0.2, -0.15) is 0 Å². The van der Waals surface area contributed by atoms with E-state index in [-0.39, 0.29) is 42.7 Å². The molecule has 4 aliphatic heterocycles. The van der Waals surface area contributed by atoms with E-state index in [1.54, 1.807) is 13.0 Å². The van der Waals surface area contributed by atoms with Crippen LogP contribution in [0.25, 0.3) is 0 Å². The number of ether oxygens (including phenoxy) is 8. The molecule has 0 aromatic carbocycles. The average molecular weight is 875 g/mol. The van der Waals surface area contributed by atoms with Crippen LogP contribution in [0.4, 0.5) is 0 Å². The van der Waals surface area contributed by atoms with Crippen LogP contribution in [0.2, 0.25) is 0 Å². The summed E-state index contributed by atoms with van der Waals surface area (Å²) in [4.78, 5) is 12.0. The van der Waals surface area contributed by atoms with Gasteiger partial charge in [-0.25, -0.2) is 4.79 Å². The fourth-order valence-electron chi connectivity index (χ4n) is 12.9. The van der Waals surface area contributed by atoms with Crippen molar-refractivity contribution in [3.8, 4) is 0 Å². The van der Waals surface area contributed by atoms with E-state index in [2.05, 4.69) is 13.8 Å². The Labute approximate surface area is 354 Å². The van der Waals surface area contributed by atoms with Gasteiger partial charge in [0.2, 0.25) is 0 Å². The summed E-state index contributed by atoms with van der Waals surface area (Å²) in [6.45, 7) is 5.10. The molecule has 8 aliphatic rings. The summed E-state index contributed by atoms with van der Waals surface area (Å²) in [7, 11) is 1.31. The second-order valence-corrected chi connectivity index (χ2v) is 19.5. The monoisotopic (exact) mass is 874 g/mol. The summed E-state index contributed by atoms with van der Waals surface area (Å²) in [6, 6.07) is 0. The van der Waals surface area contributed by atoms with E-state index in [0.717, 1.165) is 37.7 Å². The molecule has 4 saturated carbocycles. The quantitative estimate of drug-likeness (QED) is 0.0818. The van der Waals surface area contributed by atoms with Gasteiger partial charge in [0, 0.05) is 25.0 Å². The lowest BCUT2D eigenvalue weighted by atomic mass is 9.42. The number of esters is 1. The first-order valence-corrected chi connectivity index (χ1v) is 21.9. The van der Waals surface area contributed by atoms with Gasteiger partial charge in [-0.05, 0) is 86.5 Å². The number of hydrogen-bond donors (Lipinski definition) is 10. The minimum Gasteiger partial charge on any atom is -0.458 e. The molecule has 0 bridgehead atoms. The van der Waals surface area contributed by atoms with Gasteiger partial charge in [-0.15, -0.1) is 0 Å². The van der Waals surface area contributed by atoms with Gasteiger partial charge in [-0.3, -0.25) is 0 Å². The van der Waals surface area contributed by atoms with Crippen molar-refractivity contribution in [2.24, 2.45) is 34.5 Å². The van der Waals surface area contributed by atoms with Gasteiger partial charge in [0.05, 0.1) is 37.1 Å². The highest BCUT2D eigenvalue weighted by molar-refractivity contribution is 5.85. The van der Waals surface area contributed by atoms with Gasteiger partial charge in [0.25, 0.3) is 0 Å². The first kappa shape index (κ1) is 46.1. The van der Waals surface area contributed by atoms with Gasteiger partial charge in [-0.1, -0.05) is 13.8 Å². The zero-order valence-electron chi connectivity index (χ0n) is 35.1. The highest BCUT2D eigenvalue weighted by Crippen LogP contribution is 2.70. The average Bonchev–Trinajstić information content (AvgIpc) is 3.78. The van der Waals surface area contributed by atoms with Crippen molar-refractivity contribution in [2.45, 2.75) is 182 Å². The van der Waals surface area contributed by atoms with Crippen LogP contribution in [-0.4, -0.2) is 194 Å². The Bertz CT molecular complexity index is 1600. The van der Waals surface area contributed by atoms with E-state index in [9.17, 15) is 55.9 Å². The van der Waals surface area contributed by atoms with Crippen molar-refractivity contribution in [2.75, 3.05) is 26.9 Å². The zero-order valence-corrected chi connectivity index (χ0v) is 35.1. The predicted octanol–water partition coefficient (Wildman–Crippen LogP) is -2.27. The Morgan fingerprint density at radius 1 is 0.705 bits per heavy atom. The molecule has 7 fully saturated rings. The number of methoxy groups -OCH3 is 1. The lowest BCUT2D eigenvalue weighted by molar-refractivity contribution is -0.346. The zero-order chi connectivity index (χ0) is 43.9. The molecule has 348 valence electrons. The van der Waals surface area contributed by atoms with E-state index in [4.69, 9.17) is 37.9 Å². The van der Waals surface area contributed by atoms with Crippen molar-refractivity contribution < 1.29 is 93.8 Å². The first-order chi connectivity index (χ1) is 28.8. The van der Waals surface area contributed by atoms with Gasteiger partial charge in [0.15, 0.2) is 18.9 Å². The van der Waals surface area contributed by atoms with Crippen LogP contribution in [0.15, 0.2) is 11.6 Å². The molecule has 23 unspecified atom stereocenters. The maximum absolute atomic E-state index is 12.6. The van der Waals surface area contributed by atoms with E-state index in [1.807, 2.05) is 0 Å². The molecule has 8 rings (SSSR count). The van der Waals surface area contributed by atoms with Crippen LogP contribution in [0.5, 0.6) is 0 Å². The minimum absolute atomic E-state index is 0.0135. The number of carbonyl (C=O) groups is 1. The molecule has 0 aromatic rings. The molecule has 61 heavy (non-hydrogen) atoms. The second-order valence-electron chi connectivity index (χ2n) is 19.5. The third-order valence-corrected chi connectivity index (χ3v) is 16.6. The Morgan fingerprint density at radius 2 is 1.33 bits per heavy atom. The fourth-order valence-corrected chi connectivity index (χ4v) is 12.9. The molecule has 19 heteroatoms. The summed E-state index contributed by atoms with van der Waals surface area (Å²) >= 11 is 0. The third kappa shape index (κ3) is 7.73. The topological polar surface area (TPSA) is 293 Å². The normalized spacial score (nSPS) is 55.0. The summed E-state index contributed by atoms with van der Waals surface area (Å²) in [5.74, 6) is -0.265. The Hall–Kier alpha value is -1.47. The number of aliphatic hydroxyl groups is 10. The van der Waals surface area contributed by atoms with Crippen molar-refractivity contribution in [1.82, 2.24) is 0 Å². The summed E-state index contributed by atoms with van der Waals surface area (Å²) in [6.07, 6.45) is -16.3. The Balaban J connectivity index is 0.880. The summed E-state index contributed by atoms with van der Waals surface area (Å²) in [5.41, 5.74) is -0.952. The lowest BCUT2D eigenvalue weighted by Crippen LogP contribution is -2.65. The molecule has 4 heterocycles. The number of carbonyl (C=O) groups excluding carboxylic acids is 1. The standard InChI is InChI=1S/C42H66O19/c1-17-28(45)36(54-4)35(52)38(58-17)57-15-24-29(46)31(48)33(50)37(60-24)56-16-25-30(47)32(49)34(51)39(61-25)59-20-12-19-5-6-23-22(41(19,3)26(43)13-20)7-9-40(2)21(8-10-42(23,40)53)18-11-27(44)55-14-18/h11,17,19-26,28-39,43,45-53H,5-10,12-16H2,1-4H3/t17?,19?,20?,21?,22?,23?,24?,25?,26?,28?,29?,30?,31?,32?,33?,34?,35?,36?,37-,38?,39?,40?,41?,42?/m1/s1. The molecular weight excluding hydrogens is 808 g/mol. The van der Waals surface area contributed by atoms with Gasteiger partial charge < -0.3 is 89.0 Å².